The van der Waals surface area contributed by atoms with Gasteiger partial charge in [-0.2, -0.15) is 0 Å². The van der Waals surface area contributed by atoms with Crippen LogP contribution in [0.3, 0.4) is 0 Å². The highest BCUT2D eigenvalue weighted by Gasteiger charge is 1.83. The molecule has 0 atom stereocenters. The van der Waals surface area contributed by atoms with E-state index in [9.17, 15) is 0 Å². The highest BCUT2D eigenvalue weighted by atomic mass is 16.6. The van der Waals surface area contributed by atoms with Crippen molar-refractivity contribution in [2.45, 2.75) is 6.92 Å². The van der Waals surface area contributed by atoms with Crippen LogP contribution in [0.2, 0.25) is 0 Å². The van der Waals surface area contributed by atoms with Gasteiger partial charge in [-0.05, 0) is 19.1 Å². The minimum absolute atomic E-state index is 0.587. The molecule has 3 nitrogen and oxygen atoms in total. The number of aromatic nitrogens is 1. The zero-order valence-corrected chi connectivity index (χ0v) is 6.40. The maximum atomic E-state index is 4.77. The van der Waals surface area contributed by atoms with Crippen LogP contribution >= 0.6 is 0 Å². The summed E-state index contributed by atoms with van der Waals surface area (Å²) < 4.78 is 0. The van der Waals surface area contributed by atoms with Crippen molar-refractivity contribution in [1.82, 2.24) is 4.98 Å². The first-order chi connectivity index (χ1) is 5.43. The van der Waals surface area contributed by atoms with Crippen molar-refractivity contribution in [3.63, 3.8) is 0 Å². The lowest BCUT2D eigenvalue weighted by Crippen LogP contribution is -1.86. The van der Waals surface area contributed by atoms with Gasteiger partial charge in [0.05, 0.1) is 11.9 Å². The lowest BCUT2D eigenvalue weighted by molar-refractivity contribution is 0.160. The van der Waals surface area contributed by atoms with E-state index in [1.54, 1.807) is 12.4 Å². The van der Waals surface area contributed by atoms with Gasteiger partial charge in [-0.1, -0.05) is 11.2 Å². The van der Waals surface area contributed by atoms with Crippen LogP contribution in [0.5, 0.6) is 0 Å². The minimum atomic E-state index is 0.587. The molecular formula is C8H10N2O. The van der Waals surface area contributed by atoms with Gasteiger partial charge < -0.3 is 4.84 Å². The smallest absolute Gasteiger partial charge is 0.114 e. The Morgan fingerprint density at radius 1 is 1.64 bits per heavy atom. The first-order valence-electron chi connectivity index (χ1n) is 3.50. The summed E-state index contributed by atoms with van der Waals surface area (Å²) in [5, 5.41) is 3.67. The van der Waals surface area contributed by atoms with Gasteiger partial charge in [0.1, 0.15) is 6.61 Å². The van der Waals surface area contributed by atoms with Crippen molar-refractivity contribution in [3.8, 4) is 0 Å². The Hall–Kier alpha value is -1.38. The van der Waals surface area contributed by atoms with Gasteiger partial charge in [-0.3, -0.25) is 4.98 Å². The van der Waals surface area contributed by atoms with Crippen LogP contribution in [0.15, 0.2) is 29.6 Å². The van der Waals surface area contributed by atoms with Gasteiger partial charge in [0.15, 0.2) is 0 Å². The standard InChI is InChI=1S/C8H10N2O/c1-2-11-10-7-8-5-3-4-6-9-8/h3-7H,2H2,1H3/b10-7+. The molecule has 0 spiro atoms. The van der Waals surface area contributed by atoms with E-state index in [1.807, 2.05) is 25.1 Å². The summed E-state index contributed by atoms with van der Waals surface area (Å²) in [7, 11) is 0. The Labute approximate surface area is 65.7 Å². The summed E-state index contributed by atoms with van der Waals surface area (Å²) in [5.74, 6) is 0. The summed E-state index contributed by atoms with van der Waals surface area (Å²) >= 11 is 0. The first-order valence-corrected chi connectivity index (χ1v) is 3.50. The Morgan fingerprint density at radius 3 is 3.18 bits per heavy atom. The van der Waals surface area contributed by atoms with Crippen molar-refractivity contribution in [3.05, 3.63) is 30.1 Å². The van der Waals surface area contributed by atoms with Crippen LogP contribution in [-0.4, -0.2) is 17.8 Å². The molecule has 0 aliphatic rings. The number of hydrogen-bond donors (Lipinski definition) is 0. The molecule has 0 radical (unpaired) electrons. The topological polar surface area (TPSA) is 34.5 Å². The molecule has 1 aromatic rings. The fraction of sp³-hybridized carbons (Fsp3) is 0.250. The van der Waals surface area contributed by atoms with Crippen LogP contribution in [-0.2, 0) is 4.84 Å². The average molecular weight is 150 g/mol. The molecule has 0 saturated heterocycles. The van der Waals surface area contributed by atoms with E-state index in [0.29, 0.717) is 6.61 Å². The van der Waals surface area contributed by atoms with Gasteiger partial charge in [-0.25, -0.2) is 0 Å². The van der Waals surface area contributed by atoms with Gasteiger partial charge in [-0.15, -0.1) is 0 Å². The molecule has 1 aromatic heterocycles. The van der Waals surface area contributed by atoms with E-state index in [-0.39, 0.29) is 0 Å². The summed E-state index contributed by atoms with van der Waals surface area (Å²) in [6, 6.07) is 5.63. The molecule has 0 amide bonds. The van der Waals surface area contributed by atoms with Crippen LogP contribution in [0.25, 0.3) is 0 Å². The number of hydrogen-bond acceptors (Lipinski definition) is 3. The fourth-order valence-corrected chi connectivity index (χ4v) is 0.618. The largest absolute Gasteiger partial charge is 0.396 e. The van der Waals surface area contributed by atoms with Crippen molar-refractivity contribution in [1.29, 1.82) is 0 Å². The monoisotopic (exact) mass is 150 g/mol. The van der Waals surface area contributed by atoms with E-state index in [1.165, 1.54) is 0 Å². The Kier molecular flexibility index (Phi) is 3.12. The van der Waals surface area contributed by atoms with Crippen molar-refractivity contribution in [2.24, 2.45) is 5.16 Å². The number of rotatable bonds is 3. The molecule has 0 fully saturated rings. The highest BCUT2D eigenvalue weighted by Crippen LogP contribution is 1.88. The van der Waals surface area contributed by atoms with Gasteiger partial charge >= 0.3 is 0 Å². The molecule has 58 valence electrons. The first kappa shape index (κ1) is 7.72. The maximum absolute atomic E-state index is 4.77. The van der Waals surface area contributed by atoms with E-state index in [4.69, 9.17) is 4.84 Å². The zero-order chi connectivity index (χ0) is 7.94. The van der Waals surface area contributed by atoms with Crippen LogP contribution in [0.4, 0.5) is 0 Å². The van der Waals surface area contributed by atoms with Crippen molar-refractivity contribution in [2.75, 3.05) is 6.61 Å². The van der Waals surface area contributed by atoms with Gasteiger partial charge in [0, 0.05) is 6.20 Å². The van der Waals surface area contributed by atoms with E-state index in [0.717, 1.165) is 5.69 Å². The molecule has 1 heterocycles. The van der Waals surface area contributed by atoms with Crippen LogP contribution in [0, 0.1) is 0 Å². The molecular weight excluding hydrogens is 140 g/mol. The summed E-state index contributed by atoms with van der Waals surface area (Å²) in [5.41, 5.74) is 0.806. The molecule has 0 aromatic carbocycles. The SMILES string of the molecule is CCO/N=C/c1ccccn1. The van der Waals surface area contributed by atoms with Gasteiger partial charge in [0.2, 0.25) is 0 Å². The highest BCUT2D eigenvalue weighted by molar-refractivity contribution is 5.76. The second kappa shape index (κ2) is 4.44. The summed E-state index contributed by atoms with van der Waals surface area (Å²) in [6.45, 7) is 2.47. The van der Waals surface area contributed by atoms with E-state index in [2.05, 4.69) is 10.1 Å². The van der Waals surface area contributed by atoms with Gasteiger partial charge in [0.25, 0.3) is 0 Å². The lowest BCUT2D eigenvalue weighted by Gasteiger charge is -1.90. The molecule has 11 heavy (non-hydrogen) atoms. The molecule has 3 heteroatoms. The molecule has 0 aliphatic carbocycles. The van der Waals surface area contributed by atoms with E-state index >= 15 is 0 Å². The Morgan fingerprint density at radius 2 is 2.55 bits per heavy atom. The predicted molar refractivity (Wildman–Crippen MR) is 43.5 cm³/mol. The second-order valence-electron chi connectivity index (χ2n) is 1.91. The normalized spacial score (nSPS) is 10.3. The van der Waals surface area contributed by atoms with Crippen LogP contribution < -0.4 is 0 Å². The number of pyridine rings is 1. The molecule has 0 bridgehead atoms. The quantitative estimate of drug-likeness (QED) is 0.482. The van der Waals surface area contributed by atoms with Crippen molar-refractivity contribution < 1.29 is 4.84 Å². The number of nitrogens with zero attached hydrogens (tertiary/aromatic N) is 2. The third kappa shape index (κ3) is 2.80. The lowest BCUT2D eigenvalue weighted by atomic mass is 10.4. The predicted octanol–water partition coefficient (Wildman–Crippen LogP) is 1.45. The third-order valence-corrected chi connectivity index (χ3v) is 1.08. The second-order valence-corrected chi connectivity index (χ2v) is 1.91. The van der Waals surface area contributed by atoms with Crippen molar-refractivity contribution >= 4 is 6.21 Å². The number of oxime groups is 1. The molecule has 0 N–H and O–H groups in total. The summed E-state index contributed by atoms with van der Waals surface area (Å²) in [6.07, 6.45) is 3.30. The third-order valence-electron chi connectivity index (χ3n) is 1.08. The van der Waals surface area contributed by atoms with E-state index < -0.39 is 0 Å². The molecule has 0 unspecified atom stereocenters. The zero-order valence-electron chi connectivity index (χ0n) is 6.40. The Balaban J connectivity index is 2.50. The minimum Gasteiger partial charge on any atom is -0.396 e. The van der Waals surface area contributed by atoms with Crippen LogP contribution in [0.1, 0.15) is 12.6 Å². The molecule has 1 rings (SSSR count). The fourth-order valence-electron chi connectivity index (χ4n) is 0.618. The Bertz CT molecular complexity index is 221. The average Bonchev–Trinajstić information content (AvgIpc) is 2.07. The molecule has 0 saturated carbocycles. The summed E-state index contributed by atoms with van der Waals surface area (Å²) in [4.78, 5) is 8.79. The molecule has 0 aliphatic heterocycles. The maximum Gasteiger partial charge on any atom is 0.114 e.